The van der Waals surface area contributed by atoms with Crippen molar-refractivity contribution < 1.29 is 9.18 Å². The summed E-state index contributed by atoms with van der Waals surface area (Å²) in [6.07, 6.45) is 3.38. The van der Waals surface area contributed by atoms with Crippen LogP contribution in [0.1, 0.15) is 33.1 Å². The standard InChI is InChI=1S/C17H22FN5O/c1-11-4-3-5-15(12(11)2)19-16(24)10-23-21-17(20-22-23)13-6-8-14(18)9-7-13/h6-9,11-12,15H,3-5,10H2,1-2H3,(H,19,24)/t11-,12-,15+/m1/s1. The highest BCUT2D eigenvalue weighted by molar-refractivity contribution is 5.75. The number of carbonyl (C=O) groups excluding carboxylic acids is 1. The Morgan fingerprint density at radius 2 is 2.04 bits per heavy atom. The number of halogens is 1. The Morgan fingerprint density at radius 1 is 1.29 bits per heavy atom. The molecule has 1 aliphatic carbocycles. The van der Waals surface area contributed by atoms with Crippen molar-refractivity contribution in [1.82, 2.24) is 25.5 Å². The quantitative estimate of drug-likeness (QED) is 0.934. The molecule has 7 heteroatoms. The molecule has 0 radical (unpaired) electrons. The van der Waals surface area contributed by atoms with E-state index in [-0.39, 0.29) is 24.3 Å². The van der Waals surface area contributed by atoms with Crippen LogP contribution in [-0.4, -0.2) is 32.2 Å². The van der Waals surface area contributed by atoms with Gasteiger partial charge in [-0.1, -0.05) is 26.7 Å². The molecule has 1 fully saturated rings. The van der Waals surface area contributed by atoms with E-state index in [1.807, 2.05) is 0 Å². The highest BCUT2D eigenvalue weighted by Crippen LogP contribution is 2.29. The third-order valence-corrected chi connectivity index (χ3v) is 4.89. The number of tetrazole rings is 1. The van der Waals surface area contributed by atoms with E-state index in [4.69, 9.17) is 0 Å². The number of hydrogen-bond acceptors (Lipinski definition) is 4. The number of rotatable bonds is 4. The van der Waals surface area contributed by atoms with E-state index in [1.54, 1.807) is 12.1 Å². The fourth-order valence-corrected chi connectivity index (χ4v) is 3.19. The van der Waals surface area contributed by atoms with Crippen LogP contribution < -0.4 is 5.32 Å². The summed E-state index contributed by atoms with van der Waals surface area (Å²) >= 11 is 0. The third-order valence-electron chi connectivity index (χ3n) is 4.89. The first-order valence-electron chi connectivity index (χ1n) is 8.36. The highest BCUT2D eigenvalue weighted by Gasteiger charge is 2.28. The van der Waals surface area contributed by atoms with Gasteiger partial charge in [-0.05, 0) is 47.7 Å². The SMILES string of the molecule is C[C@@H]1[C@H](C)CCC[C@@H]1NC(=O)Cn1nnc(-c2ccc(F)cc2)n1. The van der Waals surface area contributed by atoms with Crippen LogP contribution in [-0.2, 0) is 11.3 Å². The molecule has 0 aliphatic heterocycles. The minimum atomic E-state index is -0.318. The van der Waals surface area contributed by atoms with Crippen LogP contribution in [0, 0.1) is 17.7 Å². The lowest BCUT2D eigenvalue weighted by Crippen LogP contribution is -2.45. The summed E-state index contributed by atoms with van der Waals surface area (Å²) in [7, 11) is 0. The second-order valence-electron chi connectivity index (χ2n) is 6.59. The van der Waals surface area contributed by atoms with Crippen molar-refractivity contribution >= 4 is 5.91 Å². The summed E-state index contributed by atoms with van der Waals surface area (Å²) in [4.78, 5) is 13.5. The number of amides is 1. The van der Waals surface area contributed by atoms with E-state index in [2.05, 4.69) is 34.6 Å². The van der Waals surface area contributed by atoms with Crippen molar-refractivity contribution in [2.45, 2.75) is 45.7 Å². The van der Waals surface area contributed by atoms with E-state index in [0.717, 1.165) is 12.8 Å². The zero-order valence-electron chi connectivity index (χ0n) is 13.9. The van der Waals surface area contributed by atoms with Crippen LogP contribution >= 0.6 is 0 Å². The molecule has 2 aromatic rings. The Morgan fingerprint density at radius 3 is 2.79 bits per heavy atom. The number of hydrogen-bond donors (Lipinski definition) is 1. The zero-order chi connectivity index (χ0) is 17.1. The van der Waals surface area contributed by atoms with Gasteiger partial charge < -0.3 is 5.32 Å². The van der Waals surface area contributed by atoms with E-state index in [9.17, 15) is 9.18 Å². The Bertz CT molecular complexity index is 699. The summed E-state index contributed by atoms with van der Waals surface area (Å²) in [5.41, 5.74) is 0.665. The maximum atomic E-state index is 12.9. The molecular formula is C17H22FN5O. The van der Waals surface area contributed by atoms with Gasteiger partial charge in [0.05, 0.1) is 0 Å². The summed E-state index contributed by atoms with van der Waals surface area (Å²) in [5, 5.41) is 15.1. The summed E-state index contributed by atoms with van der Waals surface area (Å²) in [6.45, 7) is 4.46. The lowest BCUT2D eigenvalue weighted by molar-refractivity contribution is -0.123. The molecule has 6 nitrogen and oxygen atoms in total. The average Bonchev–Trinajstić information content (AvgIpc) is 3.01. The van der Waals surface area contributed by atoms with Crippen molar-refractivity contribution in [1.29, 1.82) is 0 Å². The van der Waals surface area contributed by atoms with Gasteiger partial charge in [-0.3, -0.25) is 4.79 Å². The molecule has 128 valence electrons. The number of carbonyl (C=O) groups is 1. The molecule has 0 unspecified atom stereocenters. The molecule has 1 amide bonds. The minimum absolute atomic E-state index is 0.0335. The van der Waals surface area contributed by atoms with Crippen LogP contribution in [0.15, 0.2) is 24.3 Å². The first kappa shape index (κ1) is 16.5. The molecule has 0 saturated heterocycles. The van der Waals surface area contributed by atoms with Gasteiger partial charge in [0.15, 0.2) is 0 Å². The Kier molecular flexibility index (Phi) is 4.87. The van der Waals surface area contributed by atoms with Gasteiger partial charge in [0.1, 0.15) is 12.4 Å². The van der Waals surface area contributed by atoms with Gasteiger partial charge in [-0.15, -0.1) is 10.2 Å². The largest absolute Gasteiger partial charge is 0.351 e. The molecule has 1 aromatic heterocycles. The summed E-state index contributed by atoms with van der Waals surface area (Å²) in [5.74, 6) is 1.05. The van der Waals surface area contributed by atoms with Crippen LogP contribution in [0.3, 0.4) is 0 Å². The molecular weight excluding hydrogens is 309 g/mol. The molecule has 0 bridgehead atoms. The fraction of sp³-hybridized carbons (Fsp3) is 0.529. The second-order valence-corrected chi connectivity index (χ2v) is 6.59. The number of aromatic nitrogens is 4. The maximum absolute atomic E-state index is 12.9. The predicted octanol–water partition coefficient (Wildman–Crippen LogP) is 2.42. The lowest BCUT2D eigenvalue weighted by Gasteiger charge is -2.34. The Balaban J connectivity index is 1.60. The molecule has 1 heterocycles. The Labute approximate surface area is 140 Å². The third kappa shape index (κ3) is 3.77. The highest BCUT2D eigenvalue weighted by atomic mass is 19.1. The molecule has 1 aromatic carbocycles. The molecule has 1 saturated carbocycles. The average molecular weight is 331 g/mol. The second kappa shape index (κ2) is 7.07. The van der Waals surface area contributed by atoms with Crippen LogP contribution in [0.2, 0.25) is 0 Å². The fourth-order valence-electron chi connectivity index (χ4n) is 3.19. The van der Waals surface area contributed by atoms with E-state index in [1.165, 1.54) is 23.4 Å². The number of benzene rings is 1. The van der Waals surface area contributed by atoms with Gasteiger partial charge in [-0.2, -0.15) is 4.80 Å². The maximum Gasteiger partial charge on any atom is 0.243 e. The summed E-state index contributed by atoms with van der Waals surface area (Å²) < 4.78 is 12.9. The minimum Gasteiger partial charge on any atom is -0.351 e. The smallest absolute Gasteiger partial charge is 0.243 e. The van der Waals surface area contributed by atoms with Crippen molar-refractivity contribution in [2.24, 2.45) is 11.8 Å². The number of nitrogens with zero attached hydrogens (tertiary/aromatic N) is 4. The van der Waals surface area contributed by atoms with Crippen molar-refractivity contribution in [2.75, 3.05) is 0 Å². The van der Waals surface area contributed by atoms with Crippen molar-refractivity contribution in [3.05, 3.63) is 30.1 Å². The van der Waals surface area contributed by atoms with Crippen molar-refractivity contribution in [3.8, 4) is 11.4 Å². The van der Waals surface area contributed by atoms with Crippen LogP contribution in [0.5, 0.6) is 0 Å². The van der Waals surface area contributed by atoms with E-state index < -0.39 is 0 Å². The van der Waals surface area contributed by atoms with Gasteiger partial charge in [0, 0.05) is 11.6 Å². The molecule has 3 rings (SSSR count). The molecule has 3 atom stereocenters. The van der Waals surface area contributed by atoms with Crippen LogP contribution in [0.25, 0.3) is 11.4 Å². The van der Waals surface area contributed by atoms with Gasteiger partial charge in [0.25, 0.3) is 0 Å². The molecule has 1 aliphatic rings. The van der Waals surface area contributed by atoms with Crippen LogP contribution in [0.4, 0.5) is 4.39 Å². The summed E-state index contributed by atoms with van der Waals surface area (Å²) in [6, 6.07) is 6.06. The predicted molar refractivity (Wildman–Crippen MR) is 87.3 cm³/mol. The van der Waals surface area contributed by atoms with Gasteiger partial charge in [0.2, 0.25) is 11.7 Å². The van der Waals surface area contributed by atoms with E-state index >= 15 is 0 Å². The van der Waals surface area contributed by atoms with E-state index in [0.29, 0.717) is 23.2 Å². The topological polar surface area (TPSA) is 72.7 Å². The van der Waals surface area contributed by atoms with Gasteiger partial charge >= 0.3 is 0 Å². The Hall–Kier alpha value is -2.31. The molecule has 1 N–H and O–H groups in total. The normalized spacial score (nSPS) is 23.9. The monoisotopic (exact) mass is 331 g/mol. The molecule has 0 spiro atoms. The first-order valence-corrected chi connectivity index (χ1v) is 8.36. The lowest BCUT2D eigenvalue weighted by atomic mass is 9.78. The van der Waals surface area contributed by atoms with Gasteiger partial charge in [-0.25, -0.2) is 4.39 Å². The number of nitrogens with one attached hydrogen (secondary N) is 1. The zero-order valence-corrected chi connectivity index (χ0v) is 13.9. The van der Waals surface area contributed by atoms with Crippen molar-refractivity contribution in [3.63, 3.8) is 0 Å². The molecule has 24 heavy (non-hydrogen) atoms. The first-order chi connectivity index (χ1) is 11.5.